The molecule has 1 aromatic carbocycles. The van der Waals surface area contributed by atoms with Crippen LogP contribution < -0.4 is 11.5 Å². The molecule has 0 bridgehead atoms. The van der Waals surface area contributed by atoms with Crippen molar-refractivity contribution < 1.29 is 17.9 Å². The van der Waals surface area contributed by atoms with Crippen molar-refractivity contribution in [1.82, 2.24) is 0 Å². The molecule has 0 aromatic heterocycles. The van der Waals surface area contributed by atoms with E-state index in [2.05, 4.69) is 4.40 Å². The number of halogens is 1. The van der Waals surface area contributed by atoms with E-state index >= 15 is 0 Å². The predicted molar refractivity (Wildman–Crippen MR) is 103 cm³/mol. The van der Waals surface area contributed by atoms with Crippen molar-refractivity contribution in [3.8, 4) is 0 Å². The van der Waals surface area contributed by atoms with E-state index < -0.39 is 27.8 Å². The maximum absolute atomic E-state index is 14.9. The van der Waals surface area contributed by atoms with Crippen LogP contribution in [0.1, 0.15) is 38.7 Å². The molecule has 0 aliphatic heterocycles. The van der Waals surface area contributed by atoms with Crippen LogP contribution in [0.2, 0.25) is 0 Å². The van der Waals surface area contributed by atoms with E-state index in [0.29, 0.717) is 17.9 Å². The van der Waals surface area contributed by atoms with Gasteiger partial charge in [0.05, 0.1) is 6.26 Å². The van der Waals surface area contributed by atoms with Gasteiger partial charge in [-0.15, -0.1) is 0 Å². The van der Waals surface area contributed by atoms with Gasteiger partial charge in [-0.25, -0.2) is 12.8 Å². The van der Waals surface area contributed by atoms with Crippen LogP contribution >= 0.6 is 0 Å². The normalized spacial score (nSPS) is 17.7. The third-order valence-corrected chi connectivity index (χ3v) is 4.70. The van der Waals surface area contributed by atoms with Crippen molar-refractivity contribution in [3.05, 3.63) is 35.9 Å². The Morgan fingerprint density at radius 1 is 1.27 bits per heavy atom. The second-order valence-electron chi connectivity index (χ2n) is 7.26. The second kappa shape index (κ2) is 9.43. The van der Waals surface area contributed by atoms with Gasteiger partial charge in [0, 0.05) is 12.3 Å². The minimum Gasteiger partial charge on any atom is -0.388 e. The highest BCUT2D eigenvalue weighted by Crippen LogP contribution is 2.25. The molecule has 6 nitrogen and oxygen atoms in total. The van der Waals surface area contributed by atoms with E-state index in [9.17, 15) is 17.9 Å². The number of alkyl halides is 1. The molecule has 0 aliphatic carbocycles. The van der Waals surface area contributed by atoms with Gasteiger partial charge in [0.2, 0.25) is 0 Å². The first kappa shape index (κ1) is 22.5. The van der Waals surface area contributed by atoms with E-state index in [4.69, 9.17) is 11.5 Å². The summed E-state index contributed by atoms with van der Waals surface area (Å²) in [4.78, 5) is 0. The van der Waals surface area contributed by atoms with E-state index in [1.807, 2.05) is 13.8 Å². The zero-order valence-electron chi connectivity index (χ0n) is 15.6. The number of hydrogen-bond donors (Lipinski definition) is 3. The lowest BCUT2D eigenvalue weighted by Crippen LogP contribution is -2.50. The van der Waals surface area contributed by atoms with Crippen LogP contribution in [0.15, 0.2) is 34.7 Å². The van der Waals surface area contributed by atoms with Crippen LogP contribution in [-0.2, 0) is 16.4 Å². The molecule has 0 radical (unpaired) electrons. The van der Waals surface area contributed by atoms with Crippen molar-refractivity contribution in [3.63, 3.8) is 0 Å². The average Bonchev–Trinajstić information content (AvgIpc) is 2.49. The summed E-state index contributed by atoms with van der Waals surface area (Å²) in [5.41, 5.74) is 12.2. The van der Waals surface area contributed by atoms with Gasteiger partial charge in [-0.2, -0.15) is 4.40 Å². The van der Waals surface area contributed by atoms with Gasteiger partial charge in [0.15, 0.2) is 5.79 Å². The Morgan fingerprint density at radius 3 is 2.35 bits per heavy atom. The molecule has 0 fully saturated rings. The second-order valence-corrected chi connectivity index (χ2v) is 8.91. The van der Waals surface area contributed by atoms with Crippen LogP contribution in [-0.4, -0.2) is 37.5 Å². The van der Waals surface area contributed by atoms with Crippen molar-refractivity contribution >= 4 is 15.9 Å². The Kier molecular flexibility index (Phi) is 8.17. The van der Waals surface area contributed by atoms with E-state index in [-0.39, 0.29) is 18.7 Å². The molecule has 1 rings (SSSR count). The molecule has 3 atom stereocenters. The maximum atomic E-state index is 14.9. The number of rotatable bonds is 10. The highest BCUT2D eigenvalue weighted by Gasteiger charge is 2.36. The Morgan fingerprint density at radius 2 is 1.85 bits per heavy atom. The Balaban J connectivity index is 2.91. The van der Waals surface area contributed by atoms with Crippen LogP contribution in [0.4, 0.5) is 4.39 Å². The first-order valence-electron chi connectivity index (χ1n) is 8.66. The van der Waals surface area contributed by atoms with Gasteiger partial charge in [0.1, 0.15) is 11.9 Å². The fourth-order valence-corrected chi connectivity index (χ4v) is 3.21. The molecule has 8 heteroatoms. The predicted octanol–water partition coefficient (Wildman–Crippen LogP) is 1.97. The first-order valence-corrected chi connectivity index (χ1v) is 10.5. The molecule has 148 valence electrons. The number of hydrogen-bond acceptors (Lipinski definition) is 4. The number of nitrogens with two attached hydrogens (primary N) is 2. The summed E-state index contributed by atoms with van der Waals surface area (Å²) in [6.45, 7) is 4.02. The topological polar surface area (TPSA) is 119 Å². The summed E-state index contributed by atoms with van der Waals surface area (Å²) < 4.78 is 41.1. The summed E-state index contributed by atoms with van der Waals surface area (Å²) in [6, 6.07) is 8.79. The van der Waals surface area contributed by atoms with E-state index in [1.54, 1.807) is 30.3 Å². The number of aliphatic hydroxyl groups is 1. The SMILES string of the molecule is CC(C)CCC(CC(O)C(N)(F)Cc1ccccc1)C(N)=NS(C)(=O)=O. The highest BCUT2D eigenvalue weighted by molar-refractivity contribution is 7.89. The molecular weight excluding hydrogens is 357 g/mol. The van der Waals surface area contributed by atoms with Crippen LogP contribution in [0, 0.1) is 11.8 Å². The molecule has 0 amide bonds. The molecule has 3 unspecified atom stereocenters. The van der Waals surface area contributed by atoms with Gasteiger partial charge in [-0.1, -0.05) is 50.6 Å². The third-order valence-electron chi connectivity index (χ3n) is 4.16. The number of sulfonamides is 1. The average molecular weight is 388 g/mol. The highest BCUT2D eigenvalue weighted by atomic mass is 32.2. The summed E-state index contributed by atoms with van der Waals surface area (Å²) >= 11 is 0. The lowest BCUT2D eigenvalue weighted by atomic mass is 9.87. The maximum Gasteiger partial charge on any atom is 0.251 e. The molecule has 0 aliphatic rings. The quantitative estimate of drug-likeness (QED) is 0.322. The van der Waals surface area contributed by atoms with Crippen LogP contribution in [0.5, 0.6) is 0 Å². The van der Waals surface area contributed by atoms with Crippen molar-refractivity contribution in [2.45, 2.75) is 51.4 Å². The fraction of sp³-hybridized carbons (Fsp3) is 0.611. The lowest BCUT2D eigenvalue weighted by Gasteiger charge is -2.29. The summed E-state index contributed by atoms with van der Waals surface area (Å²) in [7, 11) is -3.67. The van der Waals surface area contributed by atoms with Gasteiger partial charge in [0.25, 0.3) is 10.0 Å². The summed E-state index contributed by atoms with van der Waals surface area (Å²) in [6.07, 6.45) is 0.397. The minimum absolute atomic E-state index is 0.0998. The largest absolute Gasteiger partial charge is 0.388 e. The van der Waals surface area contributed by atoms with Gasteiger partial charge < -0.3 is 10.8 Å². The van der Waals surface area contributed by atoms with E-state index in [0.717, 1.165) is 12.7 Å². The standard InChI is InChI=1S/C18H30FN3O3S/c1-13(2)9-10-15(17(20)22-26(3,24)25)11-16(23)18(19,21)12-14-7-5-4-6-8-14/h4-8,13,15-16,23H,9-12,21H2,1-3H3,(H2,20,22). The van der Waals surface area contributed by atoms with Gasteiger partial charge in [-0.3, -0.25) is 5.73 Å². The van der Waals surface area contributed by atoms with Crippen LogP contribution in [0.3, 0.4) is 0 Å². The fourth-order valence-electron chi connectivity index (χ4n) is 2.68. The number of nitrogens with zero attached hydrogens (tertiary/aromatic N) is 1. The zero-order chi connectivity index (χ0) is 20.0. The number of benzene rings is 1. The van der Waals surface area contributed by atoms with Crippen molar-refractivity contribution in [2.75, 3.05) is 6.26 Å². The molecular formula is C18H30FN3O3S. The Bertz CT molecular complexity index is 691. The molecule has 0 heterocycles. The third kappa shape index (κ3) is 8.25. The minimum atomic E-state index is -3.67. The molecule has 0 saturated heterocycles. The molecule has 0 spiro atoms. The summed E-state index contributed by atoms with van der Waals surface area (Å²) in [5, 5.41) is 10.4. The monoisotopic (exact) mass is 387 g/mol. The molecule has 5 N–H and O–H groups in total. The molecule has 26 heavy (non-hydrogen) atoms. The van der Waals surface area contributed by atoms with Gasteiger partial charge in [-0.05, 0) is 24.3 Å². The van der Waals surface area contributed by atoms with Crippen molar-refractivity contribution in [2.24, 2.45) is 27.7 Å². The van der Waals surface area contributed by atoms with Gasteiger partial charge >= 0.3 is 0 Å². The zero-order valence-corrected chi connectivity index (χ0v) is 16.4. The number of aliphatic hydroxyl groups excluding tert-OH is 1. The Hall–Kier alpha value is -1.51. The molecule has 0 saturated carbocycles. The number of amidine groups is 1. The lowest BCUT2D eigenvalue weighted by molar-refractivity contribution is -0.0154. The van der Waals surface area contributed by atoms with E-state index in [1.165, 1.54) is 0 Å². The first-order chi connectivity index (χ1) is 11.9. The Labute approximate surface area is 155 Å². The summed E-state index contributed by atoms with van der Waals surface area (Å²) in [5.74, 6) is -2.71. The smallest absolute Gasteiger partial charge is 0.251 e. The molecule has 1 aromatic rings. The van der Waals surface area contributed by atoms with Crippen LogP contribution in [0.25, 0.3) is 0 Å². The van der Waals surface area contributed by atoms with Crippen molar-refractivity contribution in [1.29, 1.82) is 0 Å².